The third-order valence-corrected chi connectivity index (χ3v) is 2.82. The van der Waals surface area contributed by atoms with Gasteiger partial charge in [0.2, 0.25) is 0 Å². The van der Waals surface area contributed by atoms with E-state index in [1.54, 1.807) is 0 Å². The summed E-state index contributed by atoms with van der Waals surface area (Å²) in [5.74, 6) is 0.198. The Morgan fingerprint density at radius 1 is 1.19 bits per heavy atom. The fraction of sp³-hybridized carbons (Fsp3) is 0.846. The molecule has 0 rings (SSSR count). The Kier molecular flexibility index (Phi) is 6.68. The second-order valence-electron chi connectivity index (χ2n) is 5.21. The topological polar surface area (TPSA) is 49.5 Å². The molecule has 0 saturated carbocycles. The average Bonchev–Trinajstić information content (AvgIpc) is 2.12. The quantitative estimate of drug-likeness (QED) is 0.686. The Labute approximate surface area is 100 Å². The van der Waals surface area contributed by atoms with E-state index in [0.717, 1.165) is 12.1 Å². The van der Waals surface area contributed by atoms with Crippen molar-refractivity contribution in [2.24, 2.45) is 11.7 Å². The fourth-order valence-electron chi connectivity index (χ4n) is 1.99. The molecule has 0 amide bonds. The van der Waals surface area contributed by atoms with Crippen LogP contribution in [-0.4, -0.2) is 28.3 Å². The van der Waals surface area contributed by atoms with Crippen molar-refractivity contribution < 1.29 is 5.11 Å². The number of rotatable bonds is 6. The standard InChI is InChI=1S/C13H28N2O/c1-9(2)15(10(3)4)13(16)11(5)7-8-12(6)14/h8-11,13,16H,7,14H2,1-6H3/b12-8+. The minimum Gasteiger partial charge on any atom is -0.403 e. The molecule has 0 aromatic carbocycles. The molecule has 0 aliphatic heterocycles. The van der Waals surface area contributed by atoms with Gasteiger partial charge in [0.15, 0.2) is 0 Å². The number of allylic oxidation sites excluding steroid dienone is 2. The van der Waals surface area contributed by atoms with E-state index in [1.807, 2.05) is 13.0 Å². The minimum absolute atomic E-state index is 0.198. The molecule has 16 heavy (non-hydrogen) atoms. The predicted octanol–water partition coefficient (Wildman–Crippen LogP) is 2.31. The van der Waals surface area contributed by atoms with Gasteiger partial charge in [-0.1, -0.05) is 13.0 Å². The maximum absolute atomic E-state index is 10.3. The number of nitrogens with zero attached hydrogens (tertiary/aromatic N) is 1. The van der Waals surface area contributed by atoms with Crippen molar-refractivity contribution in [1.82, 2.24) is 4.90 Å². The zero-order valence-electron chi connectivity index (χ0n) is 11.6. The van der Waals surface area contributed by atoms with Gasteiger partial charge in [0.1, 0.15) is 6.23 Å². The van der Waals surface area contributed by atoms with Gasteiger partial charge in [0.25, 0.3) is 0 Å². The minimum atomic E-state index is -0.407. The van der Waals surface area contributed by atoms with Crippen molar-refractivity contribution in [3.63, 3.8) is 0 Å². The van der Waals surface area contributed by atoms with Gasteiger partial charge in [-0.15, -0.1) is 0 Å². The van der Waals surface area contributed by atoms with Crippen LogP contribution < -0.4 is 5.73 Å². The van der Waals surface area contributed by atoms with E-state index in [2.05, 4.69) is 39.5 Å². The maximum atomic E-state index is 10.3. The Balaban J connectivity index is 4.49. The van der Waals surface area contributed by atoms with Crippen LogP contribution in [0, 0.1) is 5.92 Å². The fourth-order valence-corrected chi connectivity index (χ4v) is 1.99. The molecular formula is C13H28N2O. The smallest absolute Gasteiger partial charge is 0.110 e. The molecule has 96 valence electrons. The van der Waals surface area contributed by atoms with Gasteiger partial charge in [-0.05, 0) is 47.0 Å². The van der Waals surface area contributed by atoms with E-state index in [0.29, 0.717) is 12.1 Å². The number of aliphatic hydroxyl groups is 1. The van der Waals surface area contributed by atoms with Crippen LogP contribution in [0.5, 0.6) is 0 Å². The summed E-state index contributed by atoms with van der Waals surface area (Å²) in [6.07, 6.45) is 2.39. The highest BCUT2D eigenvalue weighted by atomic mass is 16.3. The number of hydrogen-bond acceptors (Lipinski definition) is 3. The lowest BCUT2D eigenvalue weighted by Gasteiger charge is -2.37. The summed E-state index contributed by atoms with van der Waals surface area (Å²) in [6, 6.07) is 0.695. The molecule has 3 N–H and O–H groups in total. The molecule has 0 aromatic rings. The molecule has 0 radical (unpaired) electrons. The number of nitrogens with two attached hydrogens (primary N) is 1. The Morgan fingerprint density at radius 2 is 1.62 bits per heavy atom. The summed E-state index contributed by atoms with van der Waals surface area (Å²) in [4.78, 5) is 2.13. The molecule has 0 heterocycles. The first-order valence-electron chi connectivity index (χ1n) is 6.15. The molecule has 0 aromatic heterocycles. The predicted molar refractivity (Wildman–Crippen MR) is 69.8 cm³/mol. The van der Waals surface area contributed by atoms with Crippen molar-refractivity contribution >= 4 is 0 Å². The number of hydrogen-bond donors (Lipinski definition) is 2. The van der Waals surface area contributed by atoms with E-state index in [4.69, 9.17) is 5.73 Å². The highest BCUT2D eigenvalue weighted by Gasteiger charge is 2.25. The number of aliphatic hydroxyl groups excluding tert-OH is 1. The molecule has 0 saturated heterocycles. The lowest BCUT2D eigenvalue weighted by atomic mass is 10.0. The monoisotopic (exact) mass is 228 g/mol. The van der Waals surface area contributed by atoms with Crippen LogP contribution in [0.2, 0.25) is 0 Å². The Bertz CT molecular complexity index is 212. The van der Waals surface area contributed by atoms with Crippen LogP contribution in [0.4, 0.5) is 0 Å². The maximum Gasteiger partial charge on any atom is 0.110 e. The molecule has 0 aliphatic rings. The molecular weight excluding hydrogens is 200 g/mol. The molecule has 3 nitrogen and oxygen atoms in total. The molecule has 2 atom stereocenters. The van der Waals surface area contributed by atoms with E-state index < -0.39 is 6.23 Å². The van der Waals surface area contributed by atoms with Gasteiger partial charge in [0, 0.05) is 17.8 Å². The van der Waals surface area contributed by atoms with E-state index in [9.17, 15) is 5.11 Å². The first-order chi connectivity index (χ1) is 7.27. The molecule has 3 heteroatoms. The van der Waals surface area contributed by atoms with Crippen LogP contribution in [0.3, 0.4) is 0 Å². The van der Waals surface area contributed by atoms with E-state index >= 15 is 0 Å². The SMILES string of the molecule is C/C(N)=C\CC(C)C(O)N(C(C)C)C(C)C. The Hall–Kier alpha value is -0.540. The molecule has 0 aliphatic carbocycles. The summed E-state index contributed by atoms with van der Waals surface area (Å²) in [7, 11) is 0. The lowest BCUT2D eigenvalue weighted by Crippen LogP contribution is -2.47. The summed E-state index contributed by atoms with van der Waals surface area (Å²) in [6.45, 7) is 12.4. The summed E-state index contributed by atoms with van der Waals surface area (Å²) < 4.78 is 0. The van der Waals surface area contributed by atoms with Crippen molar-refractivity contribution in [3.8, 4) is 0 Å². The highest BCUT2D eigenvalue weighted by Crippen LogP contribution is 2.18. The van der Waals surface area contributed by atoms with Crippen molar-refractivity contribution in [3.05, 3.63) is 11.8 Å². The molecule has 0 fully saturated rings. The first kappa shape index (κ1) is 15.5. The largest absolute Gasteiger partial charge is 0.403 e. The molecule has 0 bridgehead atoms. The van der Waals surface area contributed by atoms with Crippen LogP contribution >= 0.6 is 0 Å². The van der Waals surface area contributed by atoms with Gasteiger partial charge in [-0.2, -0.15) is 0 Å². The normalized spacial score (nSPS) is 17.2. The van der Waals surface area contributed by atoms with Crippen molar-refractivity contribution in [1.29, 1.82) is 0 Å². The van der Waals surface area contributed by atoms with E-state index in [-0.39, 0.29) is 5.92 Å². The highest BCUT2D eigenvalue weighted by molar-refractivity contribution is 4.93. The third kappa shape index (κ3) is 4.99. The lowest BCUT2D eigenvalue weighted by molar-refractivity contribution is -0.0689. The second-order valence-corrected chi connectivity index (χ2v) is 5.21. The van der Waals surface area contributed by atoms with Crippen LogP contribution in [0.15, 0.2) is 11.8 Å². The van der Waals surface area contributed by atoms with Crippen molar-refractivity contribution in [2.45, 2.75) is 66.3 Å². The van der Waals surface area contributed by atoms with Crippen LogP contribution in [0.1, 0.15) is 48.0 Å². The second kappa shape index (κ2) is 6.92. The van der Waals surface area contributed by atoms with Crippen molar-refractivity contribution in [2.75, 3.05) is 0 Å². The third-order valence-electron chi connectivity index (χ3n) is 2.82. The first-order valence-corrected chi connectivity index (χ1v) is 6.15. The van der Waals surface area contributed by atoms with Gasteiger partial charge in [-0.3, -0.25) is 4.90 Å². The summed E-state index contributed by atoms with van der Waals surface area (Å²) in [5, 5.41) is 10.3. The molecule has 0 spiro atoms. The van der Waals surface area contributed by atoms with Gasteiger partial charge < -0.3 is 10.8 Å². The zero-order valence-corrected chi connectivity index (χ0v) is 11.6. The van der Waals surface area contributed by atoms with Crippen LogP contribution in [0.25, 0.3) is 0 Å². The van der Waals surface area contributed by atoms with Crippen LogP contribution in [-0.2, 0) is 0 Å². The van der Waals surface area contributed by atoms with Gasteiger partial charge in [0.05, 0.1) is 0 Å². The Morgan fingerprint density at radius 3 is 1.94 bits per heavy atom. The zero-order chi connectivity index (χ0) is 12.9. The molecule has 2 unspecified atom stereocenters. The summed E-state index contributed by atoms with van der Waals surface area (Å²) in [5.41, 5.74) is 6.42. The summed E-state index contributed by atoms with van der Waals surface area (Å²) >= 11 is 0. The van der Waals surface area contributed by atoms with Gasteiger partial charge in [-0.25, -0.2) is 0 Å². The van der Waals surface area contributed by atoms with Gasteiger partial charge >= 0.3 is 0 Å². The van der Waals surface area contributed by atoms with E-state index in [1.165, 1.54) is 0 Å². The average molecular weight is 228 g/mol.